The van der Waals surface area contributed by atoms with Crippen LogP contribution in [0.1, 0.15) is 46.0 Å². The van der Waals surface area contributed by atoms with Gasteiger partial charge in [0.25, 0.3) is 0 Å². The molecule has 15 heavy (non-hydrogen) atoms. The van der Waals surface area contributed by atoms with Gasteiger partial charge in [-0.3, -0.25) is 0 Å². The lowest BCUT2D eigenvalue weighted by atomic mass is 9.95. The third kappa shape index (κ3) is 7.17. The number of hydrogen-bond acceptors (Lipinski definition) is 3. The van der Waals surface area contributed by atoms with Gasteiger partial charge < -0.3 is 4.55 Å². The van der Waals surface area contributed by atoms with E-state index in [2.05, 4.69) is 18.6 Å². The van der Waals surface area contributed by atoms with Gasteiger partial charge in [-0.05, 0) is 12.3 Å². The second-order valence-corrected chi connectivity index (χ2v) is 5.57. The predicted octanol–water partition coefficient (Wildman–Crippen LogP) is 2.32. The van der Waals surface area contributed by atoms with Gasteiger partial charge in [0, 0.05) is 20.6 Å². The van der Waals surface area contributed by atoms with Crippen molar-refractivity contribution >= 4 is 11.5 Å². The van der Waals surface area contributed by atoms with Crippen LogP contribution in [-0.2, 0) is 11.5 Å². The molecule has 0 radical (unpaired) electrons. The molecule has 0 saturated heterocycles. The van der Waals surface area contributed by atoms with Crippen LogP contribution in [0.2, 0.25) is 0 Å². The SMILES string of the molecule is CCCC(CCC)CCN(C)[S+]([O-])NC. The lowest BCUT2D eigenvalue weighted by molar-refractivity contribution is 0.360. The minimum absolute atomic E-state index is 0.802. The summed E-state index contributed by atoms with van der Waals surface area (Å²) in [6.45, 7) is 5.38. The first-order chi connectivity index (χ1) is 7.15. The molecular weight excluding hydrogens is 208 g/mol. The average Bonchev–Trinajstić information content (AvgIpc) is 2.25. The Labute approximate surface area is 98.1 Å². The molecule has 0 fully saturated rings. The molecule has 0 heterocycles. The summed E-state index contributed by atoms with van der Waals surface area (Å²) in [5.74, 6) is 0.802. The van der Waals surface area contributed by atoms with E-state index in [9.17, 15) is 4.55 Å². The van der Waals surface area contributed by atoms with Gasteiger partial charge in [0.1, 0.15) is 11.5 Å². The van der Waals surface area contributed by atoms with Crippen LogP contribution < -0.4 is 4.72 Å². The van der Waals surface area contributed by atoms with Gasteiger partial charge in [-0.25, -0.2) is 0 Å². The molecule has 0 bridgehead atoms. The number of nitrogens with zero attached hydrogens (tertiary/aromatic N) is 1. The standard InChI is InChI=1S/C11H26N2OS/c1-5-7-11(8-6-2)9-10-13(4)15(14)12-3/h11-12H,5-10H2,1-4H3. The second kappa shape index (κ2) is 9.46. The first kappa shape index (κ1) is 15.2. The minimum Gasteiger partial charge on any atom is -0.579 e. The lowest BCUT2D eigenvalue weighted by Gasteiger charge is -2.21. The largest absolute Gasteiger partial charge is 0.579 e. The Balaban J connectivity index is 3.76. The van der Waals surface area contributed by atoms with Crippen LogP contribution in [0.25, 0.3) is 0 Å². The minimum atomic E-state index is -1.01. The van der Waals surface area contributed by atoms with Crippen molar-refractivity contribution < 1.29 is 4.55 Å². The highest BCUT2D eigenvalue weighted by Gasteiger charge is 2.15. The predicted molar refractivity (Wildman–Crippen MR) is 67.8 cm³/mol. The van der Waals surface area contributed by atoms with E-state index < -0.39 is 11.5 Å². The maximum atomic E-state index is 11.4. The monoisotopic (exact) mass is 234 g/mol. The Bertz CT molecular complexity index is 141. The average molecular weight is 234 g/mol. The summed E-state index contributed by atoms with van der Waals surface area (Å²) < 4.78 is 16.0. The Morgan fingerprint density at radius 2 is 1.73 bits per heavy atom. The molecule has 0 aliphatic rings. The first-order valence-electron chi connectivity index (χ1n) is 5.96. The molecule has 0 aliphatic carbocycles. The molecular formula is C11H26N2OS. The van der Waals surface area contributed by atoms with Crippen LogP contribution in [0, 0.1) is 5.92 Å². The van der Waals surface area contributed by atoms with E-state index in [0.717, 1.165) is 18.9 Å². The fourth-order valence-electron chi connectivity index (χ4n) is 1.85. The smallest absolute Gasteiger partial charge is 0.137 e. The third-order valence-corrected chi connectivity index (χ3v) is 3.80. The summed E-state index contributed by atoms with van der Waals surface area (Å²) >= 11 is -1.01. The van der Waals surface area contributed by atoms with Gasteiger partial charge in [0.2, 0.25) is 0 Å². The molecule has 0 saturated carbocycles. The molecule has 0 amide bonds. The van der Waals surface area contributed by atoms with Gasteiger partial charge >= 0.3 is 0 Å². The molecule has 4 heteroatoms. The molecule has 1 atom stereocenters. The van der Waals surface area contributed by atoms with Gasteiger partial charge in [-0.15, -0.1) is 9.03 Å². The molecule has 0 aromatic heterocycles. The fourth-order valence-corrected chi connectivity index (χ4v) is 2.44. The van der Waals surface area contributed by atoms with Crippen molar-refractivity contribution in [3.63, 3.8) is 0 Å². The summed E-state index contributed by atoms with van der Waals surface area (Å²) in [5.41, 5.74) is 0. The topological polar surface area (TPSA) is 38.3 Å². The molecule has 92 valence electrons. The Kier molecular flexibility index (Phi) is 9.60. The van der Waals surface area contributed by atoms with E-state index in [1.165, 1.54) is 25.7 Å². The molecule has 3 nitrogen and oxygen atoms in total. The van der Waals surface area contributed by atoms with Crippen LogP contribution >= 0.6 is 0 Å². The van der Waals surface area contributed by atoms with Crippen LogP contribution in [0.3, 0.4) is 0 Å². The van der Waals surface area contributed by atoms with Crippen LogP contribution in [0.4, 0.5) is 0 Å². The van der Waals surface area contributed by atoms with Gasteiger partial charge in [-0.2, -0.15) is 0 Å². The zero-order valence-electron chi connectivity index (χ0n) is 10.6. The molecule has 0 spiro atoms. The van der Waals surface area contributed by atoms with Gasteiger partial charge in [0.15, 0.2) is 0 Å². The maximum absolute atomic E-state index is 11.4. The molecule has 0 aromatic carbocycles. The third-order valence-electron chi connectivity index (χ3n) is 2.70. The highest BCUT2D eigenvalue weighted by atomic mass is 32.2. The second-order valence-electron chi connectivity index (χ2n) is 4.04. The van der Waals surface area contributed by atoms with Crippen molar-refractivity contribution in [1.82, 2.24) is 9.03 Å². The summed E-state index contributed by atoms with van der Waals surface area (Å²) in [5, 5.41) is 0. The molecule has 0 aromatic rings. The Morgan fingerprint density at radius 1 is 1.20 bits per heavy atom. The van der Waals surface area contributed by atoms with Crippen molar-refractivity contribution in [3.05, 3.63) is 0 Å². The van der Waals surface area contributed by atoms with E-state index in [4.69, 9.17) is 0 Å². The zero-order valence-corrected chi connectivity index (χ0v) is 11.4. The summed E-state index contributed by atoms with van der Waals surface area (Å²) in [7, 11) is 3.63. The van der Waals surface area contributed by atoms with Crippen molar-refractivity contribution in [2.45, 2.75) is 46.0 Å². The number of rotatable bonds is 9. The quantitative estimate of drug-likeness (QED) is 0.622. The van der Waals surface area contributed by atoms with Crippen LogP contribution in [0.15, 0.2) is 0 Å². The zero-order chi connectivity index (χ0) is 11.7. The van der Waals surface area contributed by atoms with E-state index in [1.807, 2.05) is 11.4 Å². The van der Waals surface area contributed by atoms with Crippen molar-refractivity contribution in [3.8, 4) is 0 Å². The lowest BCUT2D eigenvalue weighted by Crippen LogP contribution is -2.37. The van der Waals surface area contributed by atoms with E-state index in [-0.39, 0.29) is 0 Å². The molecule has 0 rings (SSSR count). The van der Waals surface area contributed by atoms with Crippen molar-refractivity contribution in [2.75, 3.05) is 20.6 Å². The summed E-state index contributed by atoms with van der Waals surface area (Å²) in [6.07, 6.45) is 6.26. The van der Waals surface area contributed by atoms with Gasteiger partial charge in [0.05, 0.1) is 0 Å². The Morgan fingerprint density at radius 3 is 2.13 bits per heavy atom. The molecule has 0 aliphatic heterocycles. The van der Waals surface area contributed by atoms with Crippen molar-refractivity contribution in [2.24, 2.45) is 5.92 Å². The Hall–Kier alpha value is 0.230. The highest BCUT2D eigenvalue weighted by molar-refractivity contribution is 7.87. The number of nitrogens with one attached hydrogen (secondary N) is 1. The molecule has 1 unspecified atom stereocenters. The van der Waals surface area contributed by atoms with Crippen LogP contribution in [-0.4, -0.2) is 29.5 Å². The van der Waals surface area contributed by atoms with Crippen LogP contribution in [0.5, 0.6) is 0 Å². The summed E-state index contributed by atoms with van der Waals surface area (Å²) in [6, 6.07) is 0. The first-order valence-corrected chi connectivity index (χ1v) is 7.06. The fraction of sp³-hybridized carbons (Fsp3) is 1.00. The van der Waals surface area contributed by atoms with Crippen molar-refractivity contribution in [1.29, 1.82) is 0 Å². The number of hydrogen-bond donors (Lipinski definition) is 1. The van der Waals surface area contributed by atoms with E-state index >= 15 is 0 Å². The van der Waals surface area contributed by atoms with E-state index in [0.29, 0.717) is 0 Å². The molecule has 1 N–H and O–H groups in total. The summed E-state index contributed by atoms with van der Waals surface area (Å²) in [4.78, 5) is 0. The van der Waals surface area contributed by atoms with Gasteiger partial charge in [-0.1, -0.05) is 39.5 Å². The normalized spacial score (nSPS) is 13.8. The van der Waals surface area contributed by atoms with E-state index in [1.54, 1.807) is 7.05 Å². The highest BCUT2D eigenvalue weighted by Crippen LogP contribution is 2.18. The maximum Gasteiger partial charge on any atom is 0.137 e.